The molecule has 1 saturated carbocycles. The number of carbonyl (C=O) groups is 1. The molecule has 0 radical (unpaired) electrons. The van der Waals surface area contributed by atoms with Crippen molar-refractivity contribution in [2.45, 2.75) is 31.1 Å². The standard InChI is InChI=1S/C12H15NO4S.C6H5Br/c14-11(17-13-18(15)16)12(8-4-5-9-12)10-6-2-1-3-7-10;7-6-4-2-1-3-5-6/h1-3,6-7,18H,4-5,8-9H2,(H,13,15,16);1-5H. The zero-order valence-electron chi connectivity index (χ0n) is 13.6. The maximum absolute atomic E-state index is 12.1. The van der Waals surface area contributed by atoms with Gasteiger partial charge in [0, 0.05) is 4.47 Å². The van der Waals surface area contributed by atoms with Gasteiger partial charge in [-0.1, -0.05) is 77.3 Å². The van der Waals surface area contributed by atoms with Crippen molar-refractivity contribution in [3.63, 3.8) is 0 Å². The van der Waals surface area contributed by atoms with Crippen LogP contribution in [-0.4, -0.2) is 14.4 Å². The number of nitrogens with one attached hydrogen (secondary N) is 1. The van der Waals surface area contributed by atoms with E-state index in [0.717, 1.165) is 22.9 Å². The van der Waals surface area contributed by atoms with Crippen LogP contribution in [-0.2, 0) is 25.9 Å². The van der Waals surface area contributed by atoms with E-state index in [1.54, 1.807) is 4.89 Å². The van der Waals surface area contributed by atoms with E-state index in [1.165, 1.54) is 0 Å². The van der Waals surface area contributed by atoms with Gasteiger partial charge in [0.2, 0.25) is 10.9 Å². The van der Waals surface area contributed by atoms with Gasteiger partial charge in [0.25, 0.3) is 0 Å². The lowest BCUT2D eigenvalue weighted by atomic mass is 9.79. The quantitative estimate of drug-likeness (QED) is 0.580. The predicted octanol–water partition coefficient (Wildman–Crippen LogP) is 3.52. The predicted molar refractivity (Wildman–Crippen MR) is 100 cm³/mol. The van der Waals surface area contributed by atoms with Crippen LogP contribution in [0.15, 0.2) is 65.1 Å². The number of halogens is 1. The number of thiol groups is 1. The Morgan fingerprint density at radius 3 is 1.92 bits per heavy atom. The second-order valence-electron chi connectivity index (χ2n) is 5.69. The first-order valence-corrected chi connectivity index (χ1v) is 9.89. The molecule has 1 fully saturated rings. The minimum atomic E-state index is -2.93. The zero-order valence-corrected chi connectivity index (χ0v) is 16.0. The summed E-state index contributed by atoms with van der Waals surface area (Å²) in [5.74, 6) is -0.523. The summed E-state index contributed by atoms with van der Waals surface area (Å²) in [6.07, 6.45) is 3.25. The van der Waals surface area contributed by atoms with Crippen molar-refractivity contribution in [2.75, 3.05) is 0 Å². The molecule has 134 valence electrons. The van der Waals surface area contributed by atoms with Crippen molar-refractivity contribution in [3.05, 3.63) is 70.7 Å². The number of hydrogen-bond donors (Lipinski definition) is 2. The second-order valence-corrected chi connectivity index (χ2v) is 7.30. The van der Waals surface area contributed by atoms with Gasteiger partial charge in [0.05, 0.1) is 5.41 Å². The molecule has 0 bridgehead atoms. The Hall–Kier alpha value is -1.70. The van der Waals surface area contributed by atoms with Gasteiger partial charge in [-0.15, -0.1) is 0 Å². The highest BCUT2D eigenvalue weighted by molar-refractivity contribution is 9.10. The molecule has 0 unspecified atom stereocenters. The molecular weight excluding hydrogens is 406 g/mol. The molecule has 1 N–H and O–H groups in total. The van der Waals surface area contributed by atoms with Crippen LogP contribution in [0.5, 0.6) is 0 Å². The van der Waals surface area contributed by atoms with Gasteiger partial charge in [-0.25, -0.2) is 13.2 Å². The largest absolute Gasteiger partial charge is 0.355 e. The Bertz CT molecular complexity index is 736. The maximum atomic E-state index is 12.1. The number of benzene rings is 2. The second kappa shape index (κ2) is 9.70. The summed E-state index contributed by atoms with van der Waals surface area (Å²) in [5.41, 5.74) is 0.176. The van der Waals surface area contributed by atoms with Crippen LogP contribution >= 0.6 is 15.9 Å². The first-order chi connectivity index (χ1) is 12.0. The van der Waals surface area contributed by atoms with E-state index in [9.17, 15) is 13.2 Å². The Morgan fingerprint density at radius 2 is 1.48 bits per heavy atom. The van der Waals surface area contributed by atoms with Crippen molar-refractivity contribution >= 4 is 32.8 Å². The highest BCUT2D eigenvalue weighted by atomic mass is 79.9. The number of rotatable bonds is 4. The lowest BCUT2D eigenvalue weighted by Crippen LogP contribution is -2.37. The molecule has 0 amide bonds. The van der Waals surface area contributed by atoms with E-state index in [0.29, 0.717) is 12.8 Å². The Morgan fingerprint density at radius 1 is 0.960 bits per heavy atom. The summed E-state index contributed by atoms with van der Waals surface area (Å²) in [6, 6.07) is 19.3. The minimum absolute atomic E-state index is 0.523. The van der Waals surface area contributed by atoms with E-state index in [-0.39, 0.29) is 0 Å². The van der Waals surface area contributed by atoms with Crippen LogP contribution in [0, 0.1) is 0 Å². The number of hydrogen-bond acceptors (Lipinski definition) is 4. The van der Waals surface area contributed by atoms with Crippen LogP contribution in [0.4, 0.5) is 0 Å². The Balaban J connectivity index is 0.000000269. The molecule has 5 nitrogen and oxygen atoms in total. The third-order valence-corrected chi connectivity index (χ3v) is 4.89. The molecule has 0 aliphatic heterocycles. The SMILES string of the molecule is Brc1ccccc1.O=C(ON[SH](=O)=O)C1(c2ccccc2)CCCC1. The van der Waals surface area contributed by atoms with Gasteiger partial charge < -0.3 is 4.84 Å². The third-order valence-electron chi connectivity index (χ3n) is 4.12. The summed E-state index contributed by atoms with van der Waals surface area (Å²) in [6.45, 7) is 0. The Labute approximate surface area is 157 Å². The first-order valence-electron chi connectivity index (χ1n) is 7.92. The summed E-state index contributed by atoms with van der Waals surface area (Å²) in [4.78, 5) is 18.5. The fourth-order valence-electron chi connectivity index (χ4n) is 2.94. The molecule has 1 aliphatic carbocycles. The lowest BCUT2D eigenvalue weighted by molar-refractivity contribution is -0.154. The van der Waals surface area contributed by atoms with Crippen LogP contribution in [0.3, 0.4) is 0 Å². The van der Waals surface area contributed by atoms with Crippen molar-refractivity contribution in [1.29, 1.82) is 0 Å². The van der Waals surface area contributed by atoms with E-state index in [4.69, 9.17) is 0 Å². The lowest BCUT2D eigenvalue weighted by Gasteiger charge is -2.26. The molecule has 0 atom stereocenters. The van der Waals surface area contributed by atoms with Crippen LogP contribution in [0.1, 0.15) is 31.2 Å². The highest BCUT2D eigenvalue weighted by Gasteiger charge is 2.44. The van der Waals surface area contributed by atoms with Crippen molar-refractivity contribution < 1.29 is 18.0 Å². The Kier molecular flexibility index (Phi) is 7.61. The third kappa shape index (κ3) is 5.66. The molecule has 0 spiro atoms. The van der Waals surface area contributed by atoms with Crippen molar-refractivity contribution in [1.82, 2.24) is 4.89 Å². The molecule has 0 heterocycles. The highest BCUT2D eigenvalue weighted by Crippen LogP contribution is 2.41. The zero-order chi connectivity index (χ0) is 18.1. The van der Waals surface area contributed by atoms with E-state index in [1.807, 2.05) is 60.7 Å². The van der Waals surface area contributed by atoms with Crippen molar-refractivity contribution in [3.8, 4) is 0 Å². The first kappa shape index (κ1) is 19.6. The van der Waals surface area contributed by atoms with Gasteiger partial charge in [0.15, 0.2) is 0 Å². The van der Waals surface area contributed by atoms with Crippen molar-refractivity contribution in [2.24, 2.45) is 0 Å². The van der Waals surface area contributed by atoms with Crippen LogP contribution < -0.4 is 4.89 Å². The molecular formula is C18H20BrNO4S. The fourth-order valence-corrected chi connectivity index (χ4v) is 3.40. The van der Waals surface area contributed by atoms with E-state index in [2.05, 4.69) is 20.8 Å². The van der Waals surface area contributed by atoms with Gasteiger partial charge >= 0.3 is 5.97 Å². The molecule has 2 aromatic rings. The average molecular weight is 426 g/mol. The summed E-state index contributed by atoms with van der Waals surface area (Å²) in [5, 5.41) is 0. The summed E-state index contributed by atoms with van der Waals surface area (Å²) >= 11 is 3.31. The van der Waals surface area contributed by atoms with Gasteiger partial charge in [-0.3, -0.25) is 0 Å². The molecule has 25 heavy (non-hydrogen) atoms. The monoisotopic (exact) mass is 425 g/mol. The average Bonchev–Trinajstić information content (AvgIpc) is 3.13. The smallest absolute Gasteiger partial charge is 0.336 e. The molecule has 1 aliphatic rings. The molecule has 2 aromatic carbocycles. The van der Waals surface area contributed by atoms with Crippen LogP contribution in [0.25, 0.3) is 0 Å². The molecule has 0 saturated heterocycles. The minimum Gasteiger partial charge on any atom is -0.355 e. The van der Waals surface area contributed by atoms with Gasteiger partial charge in [0.1, 0.15) is 0 Å². The molecule has 3 rings (SSSR count). The normalized spacial score (nSPS) is 15.3. The van der Waals surface area contributed by atoms with E-state index < -0.39 is 22.3 Å². The number of carbonyl (C=O) groups excluding carboxylic acids is 1. The van der Waals surface area contributed by atoms with Crippen LogP contribution in [0.2, 0.25) is 0 Å². The molecule has 0 aromatic heterocycles. The summed E-state index contributed by atoms with van der Waals surface area (Å²) < 4.78 is 22.0. The van der Waals surface area contributed by atoms with Gasteiger partial charge in [-0.05, 0) is 35.4 Å². The topological polar surface area (TPSA) is 72.5 Å². The maximum Gasteiger partial charge on any atom is 0.336 e. The molecule has 7 heteroatoms. The fraction of sp³-hybridized carbons (Fsp3) is 0.278. The van der Waals surface area contributed by atoms with Gasteiger partial charge in [-0.2, -0.15) is 0 Å². The summed E-state index contributed by atoms with van der Waals surface area (Å²) in [7, 11) is -2.93. The van der Waals surface area contributed by atoms with E-state index >= 15 is 0 Å².